The van der Waals surface area contributed by atoms with E-state index in [-0.39, 0.29) is 6.09 Å². The van der Waals surface area contributed by atoms with Gasteiger partial charge in [-0.3, -0.25) is 0 Å². The molecular formula is C14H30N2O2S. The fourth-order valence-electron chi connectivity index (χ4n) is 1.57. The van der Waals surface area contributed by atoms with Gasteiger partial charge in [0.05, 0.1) is 0 Å². The van der Waals surface area contributed by atoms with Crippen LogP contribution in [0.25, 0.3) is 0 Å². The molecule has 19 heavy (non-hydrogen) atoms. The maximum Gasteiger partial charge on any atom is 0.410 e. The third kappa shape index (κ3) is 11.1. The Balaban J connectivity index is 3.73. The van der Waals surface area contributed by atoms with Crippen molar-refractivity contribution in [1.82, 2.24) is 10.2 Å². The van der Waals surface area contributed by atoms with E-state index in [0.717, 1.165) is 26.1 Å². The van der Waals surface area contributed by atoms with Gasteiger partial charge in [0, 0.05) is 13.1 Å². The average Bonchev–Trinajstić information content (AvgIpc) is 2.30. The zero-order valence-electron chi connectivity index (χ0n) is 13.1. The van der Waals surface area contributed by atoms with Crippen LogP contribution in [0.15, 0.2) is 0 Å². The molecule has 0 aliphatic carbocycles. The summed E-state index contributed by atoms with van der Waals surface area (Å²) < 4.78 is 5.36. The first-order chi connectivity index (χ1) is 8.90. The monoisotopic (exact) mass is 290 g/mol. The number of ether oxygens (including phenoxy) is 1. The van der Waals surface area contributed by atoms with Gasteiger partial charge in [0.15, 0.2) is 0 Å². The van der Waals surface area contributed by atoms with Crippen LogP contribution < -0.4 is 5.32 Å². The Morgan fingerprint density at radius 1 is 1.26 bits per heavy atom. The second kappa shape index (κ2) is 10.4. The summed E-state index contributed by atoms with van der Waals surface area (Å²) in [5, 5.41) is 3.39. The topological polar surface area (TPSA) is 41.6 Å². The van der Waals surface area contributed by atoms with Crippen LogP contribution in [0.3, 0.4) is 0 Å². The molecule has 1 amide bonds. The normalized spacial score (nSPS) is 11.4. The standard InChI is InChI=1S/C14H30N2O2S/c1-6-16(13(17)18-14(2,3)4)11-7-9-15-10-8-12-19-5/h15H,6-12H2,1-5H3. The third-order valence-corrected chi connectivity index (χ3v) is 3.21. The lowest BCUT2D eigenvalue weighted by molar-refractivity contribution is 0.0258. The molecule has 114 valence electrons. The lowest BCUT2D eigenvalue weighted by Crippen LogP contribution is -2.38. The van der Waals surface area contributed by atoms with E-state index in [4.69, 9.17) is 4.74 Å². The average molecular weight is 290 g/mol. The lowest BCUT2D eigenvalue weighted by Gasteiger charge is -2.26. The zero-order valence-corrected chi connectivity index (χ0v) is 13.9. The summed E-state index contributed by atoms with van der Waals surface area (Å²) in [5.74, 6) is 1.20. The number of amides is 1. The van der Waals surface area contributed by atoms with E-state index < -0.39 is 5.60 Å². The number of carbonyl (C=O) groups excluding carboxylic acids is 1. The fourth-order valence-corrected chi connectivity index (χ4v) is 2.00. The van der Waals surface area contributed by atoms with Crippen molar-refractivity contribution in [2.45, 2.75) is 46.1 Å². The Hall–Kier alpha value is -0.420. The highest BCUT2D eigenvalue weighted by Crippen LogP contribution is 2.09. The number of hydrogen-bond donors (Lipinski definition) is 1. The summed E-state index contributed by atoms with van der Waals surface area (Å²) in [5.41, 5.74) is -0.416. The van der Waals surface area contributed by atoms with Gasteiger partial charge in [-0.05, 0) is 65.6 Å². The summed E-state index contributed by atoms with van der Waals surface area (Å²) in [6.07, 6.45) is 4.08. The minimum Gasteiger partial charge on any atom is -0.444 e. The van der Waals surface area contributed by atoms with Crippen molar-refractivity contribution in [2.75, 3.05) is 38.2 Å². The Morgan fingerprint density at radius 3 is 2.42 bits per heavy atom. The molecule has 0 fully saturated rings. The van der Waals surface area contributed by atoms with Crippen LogP contribution in [0, 0.1) is 0 Å². The summed E-state index contributed by atoms with van der Waals surface area (Å²) in [4.78, 5) is 13.6. The van der Waals surface area contributed by atoms with Crippen LogP contribution >= 0.6 is 11.8 Å². The number of nitrogens with zero attached hydrogens (tertiary/aromatic N) is 1. The van der Waals surface area contributed by atoms with Crippen molar-refractivity contribution >= 4 is 17.9 Å². The van der Waals surface area contributed by atoms with Gasteiger partial charge in [-0.2, -0.15) is 11.8 Å². The number of rotatable bonds is 9. The Kier molecular flexibility index (Phi) is 10.1. The van der Waals surface area contributed by atoms with Crippen LogP contribution in [0.4, 0.5) is 4.79 Å². The molecule has 0 unspecified atom stereocenters. The minimum absolute atomic E-state index is 0.211. The van der Waals surface area contributed by atoms with Crippen molar-refractivity contribution in [3.05, 3.63) is 0 Å². The molecule has 1 N–H and O–H groups in total. The maximum absolute atomic E-state index is 11.9. The zero-order chi connectivity index (χ0) is 14.7. The van der Waals surface area contributed by atoms with E-state index in [9.17, 15) is 4.79 Å². The molecule has 0 spiro atoms. The van der Waals surface area contributed by atoms with Gasteiger partial charge in [0.2, 0.25) is 0 Å². The molecule has 0 heterocycles. The number of hydrogen-bond acceptors (Lipinski definition) is 4. The predicted molar refractivity (Wildman–Crippen MR) is 84.0 cm³/mol. The molecule has 4 nitrogen and oxygen atoms in total. The second-order valence-electron chi connectivity index (χ2n) is 5.51. The molecule has 0 radical (unpaired) electrons. The highest BCUT2D eigenvalue weighted by Gasteiger charge is 2.20. The van der Waals surface area contributed by atoms with Crippen molar-refractivity contribution < 1.29 is 9.53 Å². The van der Waals surface area contributed by atoms with Crippen LogP contribution in [0.5, 0.6) is 0 Å². The van der Waals surface area contributed by atoms with E-state index in [1.165, 1.54) is 12.2 Å². The first-order valence-corrected chi connectivity index (χ1v) is 8.47. The van der Waals surface area contributed by atoms with Crippen molar-refractivity contribution in [3.8, 4) is 0 Å². The summed E-state index contributed by atoms with van der Waals surface area (Å²) in [6, 6.07) is 0. The van der Waals surface area contributed by atoms with Crippen molar-refractivity contribution in [1.29, 1.82) is 0 Å². The van der Waals surface area contributed by atoms with E-state index in [1.54, 1.807) is 4.90 Å². The predicted octanol–water partition coefficient (Wildman–Crippen LogP) is 2.98. The fraction of sp³-hybridized carbons (Fsp3) is 0.929. The number of thioether (sulfide) groups is 1. The maximum atomic E-state index is 11.9. The van der Waals surface area contributed by atoms with Gasteiger partial charge in [0.1, 0.15) is 5.60 Å². The molecule has 0 aromatic carbocycles. The first kappa shape index (κ1) is 18.6. The number of nitrogens with one attached hydrogen (secondary N) is 1. The molecule has 0 saturated heterocycles. The molecule has 0 bridgehead atoms. The van der Waals surface area contributed by atoms with Crippen LogP contribution in [-0.4, -0.2) is 54.8 Å². The van der Waals surface area contributed by atoms with Gasteiger partial charge in [-0.25, -0.2) is 4.79 Å². The van der Waals surface area contributed by atoms with E-state index >= 15 is 0 Å². The lowest BCUT2D eigenvalue weighted by atomic mass is 10.2. The molecule has 0 rings (SSSR count). The van der Waals surface area contributed by atoms with Crippen LogP contribution in [-0.2, 0) is 4.74 Å². The second-order valence-corrected chi connectivity index (χ2v) is 6.50. The molecule has 0 aromatic rings. The SMILES string of the molecule is CCN(CCCNCCCSC)C(=O)OC(C)(C)C. The van der Waals surface area contributed by atoms with Gasteiger partial charge < -0.3 is 15.0 Å². The van der Waals surface area contributed by atoms with Gasteiger partial charge in [-0.15, -0.1) is 0 Å². The van der Waals surface area contributed by atoms with E-state index in [0.29, 0.717) is 6.54 Å². The van der Waals surface area contributed by atoms with Gasteiger partial charge in [0.25, 0.3) is 0 Å². The van der Waals surface area contributed by atoms with Crippen molar-refractivity contribution in [2.24, 2.45) is 0 Å². The largest absolute Gasteiger partial charge is 0.444 e. The quantitative estimate of drug-likeness (QED) is 0.663. The molecule has 0 aliphatic rings. The molecule has 5 heteroatoms. The van der Waals surface area contributed by atoms with Gasteiger partial charge in [-0.1, -0.05) is 0 Å². The van der Waals surface area contributed by atoms with E-state index in [1.807, 2.05) is 39.5 Å². The highest BCUT2D eigenvalue weighted by molar-refractivity contribution is 7.98. The summed E-state index contributed by atoms with van der Waals surface area (Å²) in [6.45, 7) is 11.1. The van der Waals surface area contributed by atoms with Gasteiger partial charge >= 0.3 is 6.09 Å². The molecule has 0 aliphatic heterocycles. The van der Waals surface area contributed by atoms with Crippen LogP contribution in [0.1, 0.15) is 40.5 Å². The summed E-state index contributed by atoms with van der Waals surface area (Å²) >= 11 is 1.87. The smallest absolute Gasteiger partial charge is 0.410 e. The Labute approximate surface area is 122 Å². The third-order valence-electron chi connectivity index (χ3n) is 2.52. The summed E-state index contributed by atoms with van der Waals surface area (Å²) in [7, 11) is 0. The molecule has 0 aromatic heterocycles. The van der Waals surface area contributed by atoms with Crippen molar-refractivity contribution in [3.63, 3.8) is 0 Å². The Morgan fingerprint density at radius 2 is 1.89 bits per heavy atom. The first-order valence-electron chi connectivity index (χ1n) is 7.08. The van der Waals surface area contributed by atoms with Crippen LogP contribution in [0.2, 0.25) is 0 Å². The minimum atomic E-state index is -0.416. The highest BCUT2D eigenvalue weighted by atomic mass is 32.2. The van der Waals surface area contributed by atoms with E-state index in [2.05, 4.69) is 11.6 Å². The Bertz CT molecular complexity index is 242. The molecule has 0 atom stereocenters. The molecule has 0 saturated carbocycles. The number of carbonyl (C=O) groups is 1. The molecular weight excluding hydrogens is 260 g/mol.